The maximum Gasteiger partial charge on any atom is 0.328 e. The van der Waals surface area contributed by atoms with E-state index in [4.69, 9.17) is 15.2 Å². The fraction of sp³-hybridized carbons (Fsp3) is 0.138. The average Bonchev–Trinajstić information content (AvgIpc) is 3.54. The van der Waals surface area contributed by atoms with Crippen molar-refractivity contribution in [2.24, 2.45) is 0 Å². The van der Waals surface area contributed by atoms with Crippen LogP contribution < -0.4 is 0 Å². The van der Waals surface area contributed by atoms with Gasteiger partial charge in [0.25, 0.3) is 0 Å². The van der Waals surface area contributed by atoms with Gasteiger partial charge < -0.3 is 14.8 Å². The Balaban J connectivity index is 1.85. The largest absolute Gasteiger partial charge is 0.478 e. The van der Waals surface area contributed by atoms with Crippen molar-refractivity contribution in [3.05, 3.63) is 89.3 Å². The predicted molar refractivity (Wildman–Crippen MR) is 145 cm³/mol. The van der Waals surface area contributed by atoms with Crippen molar-refractivity contribution < 1.29 is 19.8 Å². The molecular weight excluding hydrogens is 472 g/mol. The summed E-state index contributed by atoms with van der Waals surface area (Å²) in [4.78, 5) is 27.9. The van der Waals surface area contributed by atoms with Crippen molar-refractivity contribution in [2.75, 3.05) is 0 Å². The van der Waals surface area contributed by atoms with Crippen molar-refractivity contribution in [3.63, 3.8) is 0 Å². The Bertz CT molecular complexity index is 1400. The second kappa shape index (κ2) is 11.5. The van der Waals surface area contributed by atoms with Crippen LogP contribution in [0.5, 0.6) is 0 Å². The van der Waals surface area contributed by atoms with Gasteiger partial charge in [0.2, 0.25) is 0 Å². The molecule has 4 aromatic rings. The number of hydrogen-bond donors (Lipinski definition) is 2. The van der Waals surface area contributed by atoms with Crippen molar-refractivity contribution in [1.82, 2.24) is 9.55 Å². The summed E-state index contributed by atoms with van der Waals surface area (Å²) in [7, 11) is 0. The van der Waals surface area contributed by atoms with Crippen LogP contribution in [-0.2, 0) is 16.1 Å². The lowest BCUT2D eigenvalue weighted by molar-refractivity contribution is -0.132. The Hall–Kier alpha value is -4.23. The number of aromatic nitrogens is 2. The lowest BCUT2D eigenvalue weighted by atomic mass is 10.0. The van der Waals surface area contributed by atoms with Gasteiger partial charge in [-0.1, -0.05) is 67.9 Å². The summed E-state index contributed by atoms with van der Waals surface area (Å²) in [5.41, 5.74) is 5.35. The van der Waals surface area contributed by atoms with Crippen molar-refractivity contribution in [3.8, 4) is 33.2 Å². The standard InChI is InChI=1S/C29H26N2O4S/c1-2-3-18-31-28(23-14-8-21(9-15-23)11-17-26(34)35)27(30-29(31)24-5-4-19-36-24)22-12-6-20(7-13-22)10-16-25(32)33/h4-17,19H,2-3,18H2,1H3,(H,32,33)(H,34,35). The molecule has 0 atom stereocenters. The molecule has 182 valence electrons. The zero-order valence-corrected chi connectivity index (χ0v) is 20.6. The topological polar surface area (TPSA) is 92.4 Å². The fourth-order valence-corrected chi connectivity index (χ4v) is 4.64. The van der Waals surface area contributed by atoms with Gasteiger partial charge in [0.05, 0.1) is 16.3 Å². The molecule has 0 fully saturated rings. The summed E-state index contributed by atoms with van der Waals surface area (Å²) in [6.07, 6.45) is 7.42. The highest BCUT2D eigenvalue weighted by Crippen LogP contribution is 2.38. The Morgan fingerprint density at radius 1 is 0.889 bits per heavy atom. The maximum absolute atomic E-state index is 10.9. The zero-order valence-electron chi connectivity index (χ0n) is 19.8. The molecule has 7 heteroatoms. The maximum atomic E-state index is 10.9. The van der Waals surface area contributed by atoms with E-state index in [2.05, 4.69) is 17.6 Å². The number of carboxylic acids is 2. The molecule has 2 aromatic carbocycles. The number of aliphatic carboxylic acids is 2. The van der Waals surface area contributed by atoms with Crippen LogP contribution in [-0.4, -0.2) is 31.7 Å². The average molecular weight is 499 g/mol. The molecule has 0 unspecified atom stereocenters. The highest BCUT2D eigenvalue weighted by atomic mass is 32.1. The second-order valence-electron chi connectivity index (χ2n) is 8.20. The first-order valence-corrected chi connectivity index (χ1v) is 12.5. The van der Waals surface area contributed by atoms with Crippen LogP contribution in [0.3, 0.4) is 0 Å². The second-order valence-corrected chi connectivity index (χ2v) is 9.15. The molecule has 0 aliphatic heterocycles. The quantitative estimate of drug-likeness (QED) is 0.231. The predicted octanol–water partition coefficient (Wildman–Crippen LogP) is 6.94. The van der Waals surface area contributed by atoms with Gasteiger partial charge in [0, 0.05) is 29.8 Å². The number of nitrogens with zero attached hydrogens (tertiary/aromatic N) is 2. The summed E-state index contributed by atoms with van der Waals surface area (Å²) in [5, 5.41) is 19.9. The smallest absolute Gasteiger partial charge is 0.328 e. The van der Waals surface area contributed by atoms with E-state index >= 15 is 0 Å². The number of carbonyl (C=O) groups is 2. The SMILES string of the molecule is CCCCn1c(-c2cccs2)nc(-c2ccc(C=CC(=O)O)cc2)c1-c1ccc(C=CC(=O)O)cc1. The molecule has 4 rings (SSSR count). The van der Waals surface area contributed by atoms with Gasteiger partial charge in [-0.05, 0) is 41.1 Å². The summed E-state index contributed by atoms with van der Waals surface area (Å²) in [6.45, 7) is 2.97. The van der Waals surface area contributed by atoms with Gasteiger partial charge in [-0.2, -0.15) is 0 Å². The van der Waals surface area contributed by atoms with Gasteiger partial charge in [0.15, 0.2) is 5.82 Å². The van der Waals surface area contributed by atoms with E-state index in [1.54, 1.807) is 23.5 Å². The lowest BCUT2D eigenvalue weighted by Crippen LogP contribution is -2.02. The summed E-state index contributed by atoms with van der Waals surface area (Å²) in [6, 6.07) is 19.6. The summed E-state index contributed by atoms with van der Waals surface area (Å²) in [5.74, 6) is -1.06. The number of thiophene rings is 1. The van der Waals surface area contributed by atoms with E-state index in [1.165, 1.54) is 0 Å². The number of hydrogen-bond acceptors (Lipinski definition) is 4. The zero-order chi connectivity index (χ0) is 25.5. The molecule has 0 aliphatic carbocycles. The molecule has 0 saturated heterocycles. The van der Waals surface area contributed by atoms with Crippen LogP contribution in [0.25, 0.3) is 45.4 Å². The molecule has 36 heavy (non-hydrogen) atoms. The molecule has 2 heterocycles. The number of unbranched alkanes of at least 4 members (excludes halogenated alkanes) is 1. The number of benzene rings is 2. The van der Waals surface area contributed by atoms with Crippen LogP contribution in [0.4, 0.5) is 0 Å². The van der Waals surface area contributed by atoms with E-state index in [0.717, 1.165) is 75.9 Å². The highest BCUT2D eigenvalue weighted by molar-refractivity contribution is 7.13. The minimum atomic E-state index is -0.988. The molecule has 2 N–H and O–H groups in total. The first-order chi connectivity index (χ1) is 17.5. The van der Waals surface area contributed by atoms with Crippen LogP contribution in [0.2, 0.25) is 0 Å². The minimum Gasteiger partial charge on any atom is -0.478 e. The normalized spacial score (nSPS) is 11.5. The summed E-state index contributed by atoms with van der Waals surface area (Å²) < 4.78 is 2.27. The Labute approximate surface area is 213 Å². The van der Waals surface area contributed by atoms with Gasteiger partial charge in [0.1, 0.15) is 0 Å². The van der Waals surface area contributed by atoms with Crippen LogP contribution in [0.15, 0.2) is 78.2 Å². The molecule has 0 spiro atoms. The molecule has 0 amide bonds. The van der Waals surface area contributed by atoms with E-state index < -0.39 is 11.9 Å². The number of imidazole rings is 1. The third kappa shape index (κ3) is 5.87. The summed E-state index contributed by atoms with van der Waals surface area (Å²) >= 11 is 1.65. The molecule has 0 aliphatic rings. The number of carboxylic acid groups (broad SMARTS) is 2. The fourth-order valence-electron chi connectivity index (χ4n) is 3.91. The van der Waals surface area contributed by atoms with E-state index in [1.807, 2.05) is 60.0 Å². The van der Waals surface area contributed by atoms with E-state index in [-0.39, 0.29) is 0 Å². The molecule has 0 radical (unpaired) electrons. The molecular formula is C29H26N2O4S. The third-order valence-corrected chi connectivity index (χ3v) is 6.52. The van der Waals surface area contributed by atoms with Crippen molar-refractivity contribution in [1.29, 1.82) is 0 Å². The van der Waals surface area contributed by atoms with Crippen molar-refractivity contribution in [2.45, 2.75) is 26.3 Å². The van der Waals surface area contributed by atoms with Crippen molar-refractivity contribution >= 4 is 35.4 Å². The van der Waals surface area contributed by atoms with Gasteiger partial charge in [-0.15, -0.1) is 11.3 Å². The van der Waals surface area contributed by atoms with Gasteiger partial charge in [-0.3, -0.25) is 0 Å². The first kappa shape index (κ1) is 24.9. The minimum absolute atomic E-state index is 0.793. The van der Waals surface area contributed by atoms with Gasteiger partial charge in [-0.25, -0.2) is 14.6 Å². The van der Waals surface area contributed by atoms with Crippen LogP contribution >= 0.6 is 11.3 Å². The monoisotopic (exact) mass is 498 g/mol. The highest BCUT2D eigenvalue weighted by Gasteiger charge is 2.21. The Morgan fingerprint density at radius 3 is 1.97 bits per heavy atom. The Morgan fingerprint density at radius 2 is 1.47 bits per heavy atom. The molecule has 0 bridgehead atoms. The van der Waals surface area contributed by atoms with E-state index in [9.17, 15) is 9.59 Å². The molecule has 2 aromatic heterocycles. The number of rotatable bonds is 10. The molecule has 6 nitrogen and oxygen atoms in total. The van der Waals surface area contributed by atoms with Gasteiger partial charge >= 0.3 is 11.9 Å². The first-order valence-electron chi connectivity index (χ1n) is 11.6. The van der Waals surface area contributed by atoms with Crippen LogP contribution in [0.1, 0.15) is 30.9 Å². The third-order valence-electron chi connectivity index (χ3n) is 5.65. The lowest BCUT2D eigenvalue weighted by Gasteiger charge is -2.13. The Kier molecular flexibility index (Phi) is 7.92. The van der Waals surface area contributed by atoms with E-state index in [0.29, 0.717) is 0 Å². The molecule has 0 saturated carbocycles. The van der Waals surface area contributed by atoms with Crippen LogP contribution in [0, 0.1) is 0 Å².